The van der Waals surface area contributed by atoms with E-state index in [0.29, 0.717) is 12.2 Å². The predicted octanol–water partition coefficient (Wildman–Crippen LogP) is 1.90. The average molecular weight is 294 g/mol. The molecule has 0 amide bonds. The second-order valence-electron chi connectivity index (χ2n) is 5.39. The van der Waals surface area contributed by atoms with E-state index in [9.17, 15) is 9.18 Å². The van der Waals surface area contributed by atoms with Crippen LogP contribution in [-0.4, -0.2) is 43.7 Å². The van der Waals surface area contributed by atoms with E-state index in [0.717, 1.165) is 32.6 Å². The number of hydrogen-bond donors (Lipinski definition) is 1. The number of nitrogens with zero attached hydrogens (tertiary/aromatic N) is 1. The molecule has 0 radical (unpaired) electrons. The zero-order valence-corrected chi connectivity index (χ0v) is 12.7. The highest BCUT2D eigenvalue weighted by molar-refractivity contribution is 5.82. The predicted molar refractivity (Wildman–Crippen MR) is 79.4 cm³/mol. The van der Waals surface area contributed by atoms with Crippen LogP contribution in [0.5, 0.6) is 0 Å². The van der Waals surface area contributed by atoms with Gasteiger partial charge in [-0.1, -0.05) is 12.1 Å². The first kappa shape index (κ1) is 15.9. The summed E-state index contributed by atoms with van der Waals surface area (Å²) >= 11 is 0. The van der Waals surface area contributed by atoms with E-state index in [1.165, 1.54) is 12.1 Å². The van der Waals surface area contributed by atoms with Gasteiger partial charge in [0, 0.05) is 19.6 Å². The van der Waals surface area contributed by atoms with Gasteiger partial charge in [0.2, 0.25) is 0 Å². The van der Waals surface area contributed by atoms with Crippen LogP contribution < -0.4 is 5.32 Å². The second kappa shape index (κ2) is 7.00. The summed E-state index contributed by atoms with van der Waals surface area (Å²) < 4.78 is 18.9. The van der Waals surface area contributed by atoms with Gasteiger partial charge < -0.3 is 10.1 Å². The Hall–Kier alpha value is -1.46. The highest BCUT2D eigenvalue weighted by Crippen LogP contribution is 2.31. The van der Waals surface area contributed by atoms with Gasteiger partial charge in [-0.05, 0) is 44.5 Å². The Labute approximate surface area is 125 Å². The van der Waals surface area contributed by atoms with Crippen LogP contribution in [0.1, 0.15) is 25.8 Å². The Morgan fingerprint density at radius 3 is 2.95 bits per heavy atom. The second-order valence-corrected chi connectivity index (χ2v) is 5.39. The monoisotopic (exact) mass is 294 g/mol. The van der Waals surface area contributed by atoms with Gasteiger partial charge in [-0.15, -0.1) is 0 Å². The molecule has 0 aromatic heterocycles. The van der Waals surface area contributed by atoms with Crippen molar-refractivity contribution in [2.24, 2.45) is 0 Å². The van der Waals surface area contributed by atoms with Crippen molar-refractivity contribution in [1.29, 1.82) is 0 Å². The van der Waals surface area contributed by atoms with Crippen LogP contribution in [0.25, 0.3) is 0 Å². The summed E-state index contributed by atoms with van der Waals surface area (Å²) in [5.74, 6) is -0.659. The van der Waals surface area contributed by atoms with Crippen molar-refractivity contribution < 1.29 is 13.9 Å². The molecule has 1 aromatic rings. The van der Waals surface area contributed by atoms with Gasteiger partial charge in [-0.25, -0.2) is 9.18 Å². The summed E-state index contributed by atoms with van der Waals surface area (Å²) in [7, 11) is 0. The zero-order chi connectivity index (χ0) is 15.3. The third-order valence-corrected chi connectivity index (χ3v) is 4.03. The van der Waals surface area contributed by atoms with E-state index in [2.05, 4.69) is 10.2 Å². The molecular weight excluding hydrogens is 271 g/mol. The number of hydrogen-bond acceptors (Lipinski definition) is 4. The summed E-state index contributed by atoms with van der Waals surface area (Å²) in [4.78, 5) is 14.7. The Morgan fingerprint density at radius 2 is 2.24 bits per heavy atom. The summed E-state index contributed by atoms with van der Waals surface area (Å²) in [6, 6.07) is 6.24. The fourth-order valence-corrected chi connectivity index (χ4v) is 2.79. The van der Waals surface area contributed by atoms with E-state index < -0.39 is 5.54 Å². The number of halogens is 1. The molecule has 2 rings (SSSR count). The van der Waals surface area contributed by atoms with Gasteiger partial charge in [-0.3, -0.25) is 4.90 Å². The molecule has 1 unspecified atom stereocenters. The van der Waals surface area contributed by atoms with Crippen molar-refractivity contribution in [3.8, 4) is 0 Å². The van der Waals surface area contributed by atoms with Crippen LogP contribution in [0.15, 0.2) is 24.3 Å². The van der Waals surface area contributed by atoms with Crippen molar-refractivity contribution in [2.75, 3.05) is 32.8 Å². The molecule has 1 atom stereocenters. The number of carbonyl (C=O) groups is 1. The minimum Gasteiger partial charge on any atom is -0.464 e. The molecule has 1 saturated heterocycles. The van der Waals surface area contributed by atoms with Crippen LogP contribution >= 0.6 is 0 Å². The van der Waals surface area contributed by atoms with E-state index >= 15 is 0 Å². The SMILES string of the molecule is CCOC(=O)C(C)(c1cccc(F)c1)N1CCCNCC1. The first-order chi connectivity index (χ1) is 10.1. The van der Waals surface area contributed by atoms with Crippen LogP contribution in [0.4, 0.5) is 4.39 Å². The van der Waals surface area contributed by atoms with E-state index in [1.807, 2.05) is 6.92 Å². The number of rotatable bonds is 4. The average Bonchev–Trinajstić information content (AvgIpc) is 2.76. The molecule has 116 valence electrons. The summed E-state index contributed by atoms with van der Waals surface area (Å²) in [5, 5.41) is 3.32. The largest absolute Gasteiger partial charge is 0.464 e. The molecule has 0 aliphatic carbocycles. The highest BCUT2D eigenvalue weighted by atomic mass is 19.1. The number of benzene rings is 1. The standard InChI is InChI=1S/C16H23FN2O2/c1-3-21-15(20)16(2,13-6-4-7-14(17)12-13)19-10-5-8-18-9-11-19/h4,6-7,12,18H,3,5,8-11H2,1-2H3. The maximum atomic E-state index is 13.6. The van der Waals surface area contributed by atoms with Crippen molar-refractivity contribution in [3.63, 3.8) is 0 Å². The zero-order valence-electron chi connectivity index (χ0n) is 12.7. The van der Waals surface area contributed by atoms with Gasteiger partial charge in [0.05, 0.1) is 6.61 Å². The van der Waals surface area contributed by atoms with Crippen LogP contribution in [0.3, 0.4) is 0 Å². The maximum absolute atomic E-state index is 13.6. The minimum atomic E-state index is -0.954. The number of esters is 1. The van der Waals surface area contributed by atoms with Gasteiger partial charge >= 0.3 is 5.97 Å². The lowest BCUT2D eigenvalue weighted by Crippen LogP contribution is -2.52. The summed E-state index contributed by atoms with van der Waals surface area (Å²) in [6.07, 6.45) is 0.949. The molecule has 0 saturated carbocycles. The topological polar surface area (TPSA) is 41.6 Å². The molecule has 1 aliphatic heterocycles. The fourth-order valence-electron chi connectivity index (χ4n) is 2.79. The molecule has 1 aliphatic rings. The molecule has 21 heavy (non-hydrogen) atoms. The quantitative estimate of drug-likeness (QED) is 0.861. The Kier molecular flexibility index (Phi) is 5.31. The molecule has 0 spiro atoms. The smallest absolute Gasteiger partial charge is 0.330 e. The first-order valence-electron chi connectivity index (χ1n) is 7.48. The lowest BCUT2D eigenvalue weighted by molar-refractivity contribution is -0.157. The fraction of sp³-hybridized carbons (Fsp3) is 0.562. The van der Waals surface area contributed by atoms with Crippen LogP contribution in [-0.2, 0) is 15.1 Å². The third kappa shape index (κ3) is 3.41. The van der Waals surface area contributed by atoms with Gasteiger partial charge in [-0.2, -0.15) is 0 Å². The minimum absolute atomic E-state index is 0.315. The van der Waals surface area contributed by atoms with Crippen molar-refractivity contribution >= 4 is 5.97 Å². The first-order valence-corrected chi connectivity index (χ1v) is 7.48. The molecule has 1 heterocycles. The summed E-state index contributed by atoms with van der Waals surface area (Å²) in [6.45, 7) is 7.17. The molecule has 1 N–H and O–H groups in total. The molecule has 4 nitrogen and oxygen atoms in total. The third-order valence-electron chi connectivity index (χ3n) is 4.03. The van der Waals surface area contributed by atoms with Crippen molar-refractivity contribution in [3.05, 3.63) is 35.6 Å². The van der Waals surface area contributed by atoms with Gasteiger partial charge in [0.25, 0.3) is 0 Å². The van der Waals surface area contributed by atoms with Crippen molar-refractivity contribution in [2.45, 2.75) is 25.8 Å². The lowest BCUT2D eigenvalue weighted by Gasteiger charge is -2.38. The van der Waals surface area contributed by atoms with E-state index in [-0.39, 0.29) is 11.8 Å². The van der Waals surface area contributed by atoms with Gasteiger partial charge in [0.15, 0.2) is 0 Å². The summed E-state index contributed by atoms with van der Waals surface area (Å²) in [5.41, 5.74) is -0.313. The van der Waals surface area contributed by atoms with E-state index in [4.69, 9.17) is 4.74 Å². The number of nitrogens with one attached hydrogen (secondary N) is 1. The molecule has 1 fully saturated rings. The normalized spacial score (nSPS) is 19.6. The molecule has 0 bridgehead atoms. The Morgan fingerprint density at radius 1 is 1.43 bits per heavy atom. The molecule has 1 aromatic carbocycles. The maximum Gasteiger partial charge on any atom is 0.330 e. The Balaban J connectivity index is 2.40. The van der Waals surface area contributed by atoms with Crippen LogP contribution in [0, 0.1) is 5.82 Å². The number of carbonyl (C=O) groups excluding carboxylic acids is 1. The van der Waals surface area contributed by atoms with E-state index in [1.54, 1.807) is 19.1 Å². The highest BCUT2D eigenvalue weighted by Gasteiger charge is 2.42. The molecule has 5 heteroatoms. The number of ether oxygens (including phenoxy) is 1. The molecular formula is C16H23FN2O2. The lowest BCUT2D eigenvalue weighted by atomic mass is 9.89. The van der Waals surface area contributed by atoms with Crippen LogP contribution in [0.2, 0.25) is 0 Å². The Bertz CT molecular complexity index is 487. The van der Waals surface area contributed by atoms with Gasteiger partial charge in [0.1, 0.15) is 11.4 Å². The van der Waals surface area contributed by atoms with Crippen molar-refractivity contribution in [1.82, 2.24) is 10.2 Å².